The van der Waals surface area contributed by atoms with Gasteiger partial charge in [-0.2, -0.15) is 0 Å². The van der Waals surface area contributed by atoms with Crippen LogP contribution in [0.5, 0.6) is 0 Å². The van der Waals surface area contributed by atoms with Gasteiger partial charge in [-0.15, -0.1) is 11.3 Å². The van der Waals surface area contributed by atoms with Crippen LogP contribution in [0.25, 0.3) is 0 Å². The number of hydrogen-bond acceptors (Lipinski definition) is 4. The Morgan fingerprint density at radius 1 is 1.32 bits per heavy atom. The molecular formula is C20H26N4S. The first-order valence-corrected chi connectivity index (χ1v) is 10.1. The summed E-state index contributed by atoms with van der Waals surface area (Å²) < 4.78 is 0. The van der Waals surface area contributed by atoms with Crippen molar-refractivity contribution in [1.82, 2.24) is 4.90 Å². The molecule has 1 fully saturated rings. The fraction of sp³-hybridized carbons (Fsp3) is 0.450. The lowest BCUT2D eigenvalue weighted by molar-refractivity contribution is 0.298. The maximum atomic E-state index is 8.23. The molecule has 1 aromatic heterocycles. The first kappa shape index (κ1) is 16.6. The highest BCUT2D eigenvalue weighted by Crippen LogP contribution is 2.32. The van der Waals surface area contributed by atoms with Gasteiger partial charge in [0.2, 0.25) is 0 Å². The van der Waals surface area contributed by atoms with Gasteiger partial charge in [-0.25, -0.2) is 0 Å². The second-order valence-electron chi connectivity index (χ2n) is 7.12. The summed E-state index contributed by atoms with van der Waals surface area (Å²) in [5.41, 5.74) is 3.81. The van der Waals surface area contributed by atoms with Crippen molar-refractivity contribution in [2.75, 3.05) is 36.9 Å². The Balaban J connectivity index is 1.43. The zero-order chi connectivity index (χ0) is 17.2. The van der Waals surface area contributed by atoms with Gasteiger partial charge in [0, 0.05) is 30.5 Å². The highest BCUT2D eigenvalue weighted by molar-refractivity contribution is 7.12. The Hall–Kier alpha value is -1.85. The third-order valence-corrected chi connectivity index (χ3v) is 6.41. The molecule has 0 amide bonds. The highest BCUT2D eigenvalue weighted by Gasteiger charge is 2.24. The van der Waals surface area contributed by atoms with E-state index < -0.39 is 0 Å². The van der Waals surface area contributed by atoms with E-state index in [1.165, 1.54) is 37.1 Å². The van der Waals surface area contributed by atoms with Crippen LogP contribution in [0.3, 0.4) is 0 Å². The van der Waals surface area contributed by atoms with Crippen LogP contribution < -0.4 is 10.2 Å². The van der Waals surface area contributed by atoms with Gasteiger partial charge in [0.1, 0.15) is 5.84 Å². The maximum Gasteiger partial charge on any atom is 0.140 e. The molecular weight excluding hydrogens is 328 g/mol. The predicted molar refractivity (Wildman–Crippen MR) is 107 cm³/mol. The minimum atomic E-state index is 0.479. The number of nitrogens with zero attached hydrogens (tertiary/aromatic N) is 2. The lowest BCUT2D eigenvalue weighted by atomic mass is 10.1. The number of amidine groups is 1. The van der Waals surface area contributed by atoms with E-state index in [1.807, 2.05) is 17.5 Å². The molecule has 25 heavy (non-hydrogen) atoms. The van der Waals surface area contributed by atoms with Crippen LogP contribution >= 0.6 is 11.3 Å². The molecule has 1 saturated heterocycles. The van der Waals surface area contributed by atoms with Gasteiger partial charge in [-0.05, 0) is 68.4 Å². The molecule has 5 heteroatoms. The molecule has 0 spiro atoms. The van der Waals surface area contributed by atoms with Gasteiger partial charge >= 0.3 is 0 Å². The lowest BCUT2D eigenvalue weighted by Crippen LogP contribution is -2.31. The number of benzene rings is 1. The Bertz CT molecular complexity index is 740. The largest absolute Gasteiger partial charge is 0.371 e. The van der Waals surface area contributed by atoms with E-state index in [-0.39, 0.29) is 0 Å². The summed E-state index contributed by atoms with van der Waals surface area (Å²) in [6.45, 7) is 3.51. The van der Waals surface area contributed by atoms with Crippen LogP contribution in [0.4, 0.5) is 11.4 Å². The van der Waals surface area contributed by atoms with Crippen molar-refractivity contribution in [3.63, 3.8) is 0 Å². The van der Waals surface area contributed by atoms with Gasteiger partial charge in [-0.1, -0.05) is 12.1 Å². The van der Waals surface area contributed by atoms with Crippen molar-refractivity contribution in [3.05, 3.63) is 46.2 Å². The number of rotatable bonds is 5. The number of fused-ring (bicyclic) bond motifs is 1. The van der Waals surface area contributed by atoms with E-state index in [4.69, 9.17) is 5.41 Å². The Morgan fingerprint density at radius 3 is 3.00 bits per heavy atom. The van der Waals surface area contributed by atoms with Crippen LogP contribution in [0.15, 0.2) is 35.7 Å². The molecule has 2 aliphatic heterocycles. The van der Waals surface area contributed by atoms with Gasteiger partial charge in [0.25, 0.3) is 0 Å². The van der Waals surface area contributed by atoms with E-state index in [1.54, 1.807) is 11.3 Å². The third-order valence-electron chi connectivity index (χ3n) is 5.52. The van der Waals surface area contributed by atoms with Gasteiger partial charge in [0.15, 0.2) is 0 Å². The van der Waals surface area contributed by atoms with Crippen LogP contribution in [0.1, 0.15) is 29.7 Å². The lowest BCUT2D eigenvalue weighted by Gasteiger charge is -2.25. The Morgan fingerprint density at radius 2 is 2.24 bits per heavy atom. The maximum absolute atomic E-state index is 8.23. The van der Waals surface area contributed by atoms with E-state index in [9.17, 15) is 0 Å². The number of thiophene rings is 1. The van der Waals surface area contributed by atoms with Crippen molar-refractivity contribution in [3.8, 4) is 0 Å². The number of likely N-dealkylation sites (tertiary alicyclic amines) is 1. The van der Waals surface area contributed by atoms with Crippen LogP contribution in [-0.2, 0) is 6.42 Å². The molecule has 2 aliphatic rings. The zero-order valence-corrected chi connectivity index (χ0v) is 15.6. The standard InChI is InChI=1S/C20H26N4S/c1-23-10-2-4-17(23)9-12-24-11-8-15-6-7-16(14-18(15)24)22-20(21)19-5-3-13-25-19/h3,5-7,13-14,17H,2,4,8-12H2,1H3,(H2,21,22)/t17-/m1/s1. The topological polar surface area (TPSA) is 42.4 Å². The summed E-state index contributed by atoms with van der Waals surface area (Å²) in [5.74, 6) is 0.479. The summed E-state index contributed by atoms with van der Waals surface area (Å²) in [6.07, 6.45) is 5.07. The van der Waals surface area contributed by atoms with Crippen molar-refractivity contribution in [2.24, 2.45) is 0 Å². The Labute approximate surface area is 154 Å². The normalized spacial score (nSPS) is 20.0. The molecule has 4 rings (SSSR count). The fourth-order valence-electron chi connectivity index (χ4n) is 4.03. The SMILES string of the molecule is CN1CCC[C@@H]1CCN1CCc2ccc(NC(=N)c3cccs3)cc21. The van der Waals surface area contributed by atoms with Crippen LogP contribution in [-0.4, -0.2) is 43.5 Å². The minimum Gasteiger partial charge on any atom is -0.371 e. The van der Waals surface area contributed by atoms with Gasteiger partial charge in [-0.3, -0.25) is 5.41 Å². The zero-order valence-electron chi connectivity index (χ0n) is 14.8. The molecule has 0 saturated carbocycles. The van der Waals surface area contributed by atoms with Crippen molar-refractivity contribution < 1.29 is 0 Å². The number of nitrogens with one attached hydrogen (secondary N) is 2. The average molecular weight is 355 g/mol. The quantitative estimate of drug-likeness (QED) is 0.629. The van der Waals surface area contributed by atoms with E-state index in [2.05, 4.69) is 40.4 Å². The van der Waals surface area contributed by atoms with E-state index >= 15 is 0 Å². The highest BCUT2D eigenvalue weighted by atomic mass is 32.1. The summed E-state index contributed by atoms with van der Waals surface area (Å²) >= 11 is 1.60. The summed E-state index contributed by atoms with van der Waals surface area (Å²) in [7, 11) is 2.26. The smallest absolute Gasteiger partial charge is 0.140 e. The first-order chi connectivity index (χ1) is 12.2. The molecule has 2 N–H and O–H groups in total. The number of anilines is 2. The monoisotopic (exact) mass is 354 g/mol. The third kappa shape index (κ3) is 3.58. The van der Waals surface area contributed by atoms with Gasteiger partial charge < -0.3 is 15.1 Å². The minimum absolute atomic E-state index is 0.479. The van der Waals surface area contributed by atoms with Crippen LogP contribution in [0.2, 0.25) is 0 Å². The van der Waals surface area contributed by atoms with Gasteiger partial charge in [0.05, 0.1) is 4.88 Å². The molecule has 2 aromatic rings. The van der Waals surface area contributed by atoms with Crippen molar-refractivity contribution >= 4 is 28.5 Å². The molecule has 1 atom stereocenters. The van der Waals surface area contributed by atoms with Crippen LogP contribution in [0, 0.1) is 5.41 Å². The summed E-state index contributed by atoms with van der Waals surface area (Å²) in [4.78, 5) is 6.01. The van der Waals surface area contributed by atoms with Crippen molar-refractivity contribution in [2.45, 2.75) is 31.7 Å². The molecule has 4 nitrogen and oxygen atoms in total. The molecule has 0 bridgehead atoms. The summed E-state index contributed by atoms with van der Waals surface area (Å²) in [5, 5.41) is 13.5. The molecule has 0 radical (unpaired) electrons. The number of hydrogen-bond donors (Lipinski definition) is 2. The molecule has 0 aliphatic carbocycles. The molecule has 1 aromatic carbocycles. The fourth-order valence-corrected chi connectivity index (χ4v) is 4.66. The predicted octanol–water partition coefficient (Wildman–Crippen LogP) is 4.03. The molecule has 132 valence electrons. The Kier molecular flexibility index (Phi) is 4.77. The molecule has 3 heterocycles. The van der Waals surface area contributed by atoms with E-state index in [0.29, 0.717) is 5.84 Å². The van der Waals surface area contributed by atoms with E-state index in [0.717, 1.165) is 36.1 Å². The average Bonchev–Trinajstić information content (AvgIpc) is 3.34. The summed E-state index contributed by atoms with van der Waals surface area (Å²) in [6, 6.07) is 11.3. The first-order valence-electron chi connectivity index (χ1n) is 9.18. The molecule has 0 unspecified atom stereocenters. The van der Waals surface area contributed by atoms with Crippen molar-refractivity contribution in [1.29, 1.82) is 5.41 Å². The second-order valence-corrected chi connectivity index (χ2v) is 8.07. The second kappa shape index (κ2) is 7.18.